The van der Waals surface area contributed by atoms with Crippen molar-refractivity contribution in [3.05, 3.63) is 42.2 Å². The summed E-state index contributed by atoms with van der Waals surface area (Å²) >= 11 is 0. The third-order valence-corrected chi connectivity index (χ3v) is 6.26. The molecule has 1 aliphatic carbocycles. The van der Waals surface area contributed by atoms with Gasteiger partial charge in [-0.1, -0.05) is 19.3 Å². The predicted molar refractivity (Wildman–Crippen MR) is 109 cm³/mol. The number of rotatable bonds is 7. The largest absolute Gasteiger partial charge is 0.497 e. The van der Waals surface area contributed by atoms with E-state index in [1.54, 1.807) is 6.07 Å². The lowest BCUT2D eigenvalue weighted by Crippen LogP contribution is -2.36. The molecule has 0 bridgehead atoms. The van der Waals surface area contributed by atoms with Gasteiger partial charge in [0, 0.05) is 18.3 Å². The van der Waals surface area contributed by atoms with Gasteiger partial charge in [0.25, 0.3) is 15.9 Å². The van der Waals surface area contributed by atoms with E-state index in [4.69, 9.17) is 9.47 Å². The van der Waals surface area contributed by atoms with Crippen molar-refractivity contribution in [2.75, 3.05) is 18.9 Å². The SMILES string of the molecule is COc1ccc(OC)c(S(=O)(=O)Nc2cncc(C(=O)NC3CCCCC3)c2)c1. The maximum absolute atomic E-state index is 12.9. The molecule has 9 heteroatoms. The zero-order chi connectivity index (χ0) is 20.9. The molecule has 29 heavy (non-hydrogen) atoms. The van der Waals surface area contributed by atoms with E-state index in [-0.39, 0.29) is 28.3 Å². The Bertz CT molecular complexity index is 972. The molecule has 0 saturated heterocycles. The topological polar surface area (TPSA) is 107 Å². The number of hydrogen-bond donors (Lipinski definition) is 2. The van der Waals surface area contributed by atoms with Gasteiger partial charge in [-0.05, 0) is 31.0 Å². The molecule has 1 aromatic heterocycles. The third-order valence-electron chi connectivity index (χ3n) is 4.85. The van der Waals surface area contributed by atoms with E-state index >= 15 is 0 Å². The number of ether oxygens (including phenoxy) is 2. The number of aromatic nitrogens is 1. The second-order valence-electron chi connectivity index (χ2n) is 6.89. The number of nitrogens with zero attached hydrogens (tertiary/aromatic N) is 1. The summed E-state index contributed by atoms with van der Waals surface area (Å²) in [5.74, 6) is 0.298. The van der Waals surface area contributed by atoms with Crippen LogP contribution in [-0.2, 0) is 10.0 Å². The molecule has 1 fully saturated rings. The van der Waals surface area contributed by atoms with Crippen LogP contribution in [0.1, 0.15) is 42.5 Å². The van der Waals surface area contributed by atoms with E-state index in [2.05, 4.69) is 15.0 Å². The van der Waals surface area contributed by atoms with Crippen molar-refractivity contribution in [2.45, 2.75) is 43.0 Å². The Morgan fingerprint density at radius 2 is 1.83 bits per heavy atom. The van der Waals surface area contributed by atoms with Crippen molar-refractivity contribution in [3.63, 3.8) is 0 Å². The van der Waals surface area contributed by atoms with Crippen LogP contribution in [0.2, 0.25) is 0 Å². The maximum Gasteiger partial charge on any atom is 0.265 e. The molecule has 1 amide bonds. The normalized spacial score (nSPS) is 14.8. The number of methoxy groups -OCH3 is 2. The minimum Gasteiger partial charge on any atom is -0.497 e. The fourth-order valence-electron chi connectivity index (χ4n) is 3.34. The van der Waals surface area contributed by atoms with E-state index < -0.39 is 10.0 Å². The number of hydrogen-bond acceptors (Lipinski definition) is 6. The number of carbonyl (C=O) groups excluding carboxylic acids is 1. The van der Waals surface area contributed by atoms with E-state index in [9.17, 15) is 13.2 Å². The highest BCUT2D eigenvalue weighted by atomic mass is 32.2. The van der Waals surface area contributed by atoms with Crippen LogP contribution >= 0.6 is 0 Å². The minimum atomic E-state index is -3.99. The summed E-state index contributed by atoms with van der Waals surface area (Å²) in [7, 11) is -1.15. The van der Waals surface area contributed by atoms with Gasteiger partial charge in [0.1, 0.15) is 16.4 Å². The summed E-state index contributed by atoms with van der Waals surface area (Å²) in [6, 6.07) is 6.11. The Kier molecular flexibility index (Phi) is 6.58. The van der Waals surface area contributed by atoms with E-state index in [1.807, 2.05) is 0 Å². The van der Waals surface area contributed by atoms with E-state index in [0.29, 0.717) is 11.3 Å². The van der Waals surface area contributed by atoms with Gasteiger partial charge in [-0.2, -0.15) is 0 Å². The fraction of sp³-hybridized carbons (Fsp3) is 0.400. The lowest BCUT2D eigenvalue weighted by molar-refractivity contribution is 0.0927. The Morgan fingerprint density at radius 1 is 1.07 bits per heavy atom. The standard InChI is InChI=1S/C20H25N3O5S/c1-27-17-8-9-18(28-2)19(11-17)29(25,26)23-16-10-14(12-21-13-16)20(24)22-15-6-4-3-5-7-15/h8-13,15,23H,3-7H2,1-2H3,(H,22,24). The highest BCUT2D eigenvalue weighted by molar-refractivity contribution is 7.92. The Hall–Kier alpha value is -2.81. The quantitative estimate of drug-likeness (QED) is 0.715. The van der Waals surface area contributed by atoms with Crippen LogP contribution in [0.15, 0.2) is 41.6 Å². The molecule has 0 atom stereocenters. The van der Waals surface area contributed by atoms with Gasteiger partial charge >= 0.3 is 0 Å². The van der Waals surface area contributed by atoms with Crippen LogP contribution in [-0.4, -0.2) is 39.6 Å². The second kappa shape index (κ2) is 9.13. The molecule has 156 valence electrons. The Balaban J connectivity index is 1.79. The van der Waals surface area contributed by atoms with Gasteiger partial charge in [0.05, 0.1) is 31.7 Å². The molecule has 1 saturated carbocycles. The van der Waals surface area contributed by atoms with Gasteiger partial charge in [0.2, 0.25) is 0 Å². The van der Waals surface area contributed by atoms with E-state index in [0.717, 1.165) is 25.7 Å². The number of benzene rings is 1. The first kappa shape index (κ1) is 20.9. The van der Waals surface area contributed by atoms with Crippen LogP contribution in [0.25, 0.3) is 0 Å². The summed E-state index contributed by atoms with van der Waals surface area (Å²) in [6.45, 7) is 0. The first-order valence-corrected chi connectivity index (χ1v) is 10.9. The average Bonchev–Trinajstić information content (AvgIpc) is 2.73. The van der Waals surface area contributed by atoms with Crippen molar-refractivity contribution in [3.8, 4) is 11.5 Å². The molecule has 1 aromatic carbocycles. The Morgan fingerprint density at radius 3 is 2.52 bits per heavy atom. The van der Waals surface area contributed by atoms with Gasteiger partial charge in [-0.25, -0.2) is 8.42 Å². The number of amides is 1. The molecule has 0 unspecified atom stereocenters. The van der Waals surface area contributed by atoms with Crippen molar-refractivity contribution >= 4 is 21.6 Å². The van der Waals surface area contributed by atoms with Crippen molar-refractivity contribution in [1.29, 1.82) is 0 Å². The summed E-state index contributed by atoms with van der Waals surface area (Å²) in [5, 5.41) is 3.00. The fourth-order valence-corrected chi connectivity index (χ4v) is 4.56. The number of anilines is 1. The lowest BCUT2D eigenvalue weighted by Gasteiger charge is -2.22. The summed E-state index contributed by atoms with van der Waals surface area (Å²) < 4.78 is 38.5. The molecule has 8 nitrogen and oxygen atoms in total. The molecule has 0 spiro atoms. The molecule has 1 aliphatic rings. The van der Waals surface area contributed by atoms with E-state index in [1.165, 1.54) is 51.2 Å². The van der Waals surface area contributed by atoms with Crippen LogP contribution in [0.4, 0.5) is 5.69 Å². The van der Waals surface area contributed by atoms with Gasteiger partial charge in [-0.3, -0.25) is 14.5 Å². The van der Waals surface area contributed by atoms with Gasteiger partial charge in [0.15, 0.2) is 0 Å². The number of sulfonamides is 1. The predicted octanol–water partition coefficient (Wildman–Crippen LogP) is 2.96. The van der Waals surface area contributed by atoms with Crippen molar-refractivity contribution in [1.82, 2.24) is 10.3 Å². The molecule has 3 rings (SSSR count). The number of nitrogens with one attached hydrogen (secondary N) is 2. The zero-order valence-corrected chi connectivity index (χ0v) is 17.3. The third kappa shape index (κ3) is 5.17. The van der Waals surface area contributed by atoms with Crippen LogP contribution in [0.3, 0.4) is 0 Å². The molecule has 2 aromatic rings. The highest BCUT2D eigenvalue weighted by Gasteiger charge is 2.22. The lowest BCUT2D eigenvalue weighted by atomic mass is 9.95. The highest BCUT2D eigenvalue weighted by Crippen LogP contribution is 2.29. The molecule has 0 radical (unpaired) electrons. The first-order valence-electron chi connectivity index (χ1n) is 9.43. The molecular formula is C20H25N3O5S. The van der Waals surface area contributed by atoms with Crippen LogP contribution in [0.5, 0.6) is 11.5 Å². The summed E-state index contributed by atoms with van der Waals surface area (Å²) in [5.41, 5.74) is 0.486. The molecular weight excluding hydrogens is 394 g/mol. The van der Waals surface area contributed by atoms with Crippen molar-refractivity contribution in [2.24, 2.45) is 0 Å². The summed E-state index contributed by atoms with van der Waals surface area (Å²) in [6.07, 6.45) is 8.08. The van der Waals surface area contributed by atoms with Crippen LogP contribution in [0, 0.1) is 0 Å². The molecule has 1 heterocycles. The smallest absolute Gasteiger partial charge is 0.265 e. The Labute approximate surface area is 170 Å². The maximum atomic E-state index is 12.9. The average molecular weight is 420 g/mol. The number of carbonyl (C=O) groups is 1. The zero-order valence-electron chi connectivity index (χ0n) is 16.5. The minimum absolute atomic E-state index is 0.0728. The van der Waals surface area contributed by atoms with Gasteiger partial charge in [-0.15, -0.1) is 0 Å². The number of pyridine rings is 1. The van der Waals surface area contributed by atoms with Crippen LogP contribution < -0.4 is 19.5 Å². The monoisotopic (exact) mass is 419 g/mol. The molecule has 0 aliphatic heterocycles. The van der Waals surface area contributed by atoms with Crippen molar-refractivity contribution < 1.29 is 22.7 Å². The van der Waals surface area contributed by atoms with Gasteiger partial charge < -0.3 is 14.8 Å². The molecule has 2 N–H and O–H groups in total. The first-order chi connectivity index (χ1) is 13.9. The second-order valence-corrected chi connectivity index (χ2v) is 8.54. The summed E-state index contributed by atoms with van der Waals surface area (Å²) in [4.78, 5) is 16.5.